The first kappa shape index (κ1) is 14.0. The van der Waals surface area contributed by atoms with Crippen LogP contribution in [-0.2, 0) is 6.61 Å². The summed E-state index contributed by atoms with van der Waals surface area (Å²) in [7, 11) is 0. The van der Waals surface area contributed by atoms with E-state index < -0.39 is 5.82 Å². The second-order valence-corrected chi connectivity index (χ2v) is 5.39. The van der Waals surface area contributed by atoms with Gasteiger partial charge in [-0.25, -0.2) is 4.39 Å². The van der Waals surface area contributed by atoms with E-state index in [0.29, 0.717) is 11.7 Å². The van der Waals surface area contributed by atoms with Crippen molar-refractivity contribution in [1.29, 1.82) is 0 Å². The molecule has 1 aromatic heterocycles. The first-order chi connectivity index (χ1) is 10.2. The molecule has 0 saturated heterocycles. The van der Waals surface area contributed by atoms with Crippen molar-refractivity contribution in [2.24, 2.45) is 5.73 Å². The van der Waals surface area contributed by atoms with E-state index in [-0.39, 0.29) is 24.3 Å². The van der Waals surface area contributed by atoms with Gasteiger partial charge in [0.1, 0.15) is 0 Å². The van der Waals surface area contributed by atoms with Gasteiger partial charge in [0, 0.05) is 12.0 Å². The minimum absolute atomic E-state index is 0.0865. The zero-order chi connectivity index (χ0) is 14.7. The van der Waals surface area contributed by atoms with Crippen molar-refractivity contribution in [2.45, 2.75) is 44.2 Å². The monoisotopic (exact) mass is 291 g/mol. The van der Waals surface area contributed by atoms with Crippen LogP contribution in [0.1, 0.15) is 43.3 Å². The lowest BCUT2D eigenvalue weighted by molar-refractivity contribution is 0.268. The summed E-state index contributed by atoms with van der Waals surface area (Å²) in [5.74, 6) is 1.04. The van der Waals surface area contributed by atoms with Crippen molar-refractivity contribution in [3.63, 3.8) is 0 Å². The molecule has 1 fully saturated rings. The number of nitrogens with zero attached hydrogens (tertiary/aromatic N) is 2. The highest BCUT2D eigenvalue weighted by Crippen LogP contribution is 2.31. The lowest BCUT2D eigenvalue weighted by Gasteiger charge is -2.23. The lowest BCUT2D eigenvalue weighted by atomic mass is 9.86. The second-order valence-electron chi connectivity index (χ2n) is 5.39. The van der Waals surface area contributed by atoms with Crippen LogP contribution < -0.4 is 10.5 Å². The molecule has 1 aromatic carbocycles. The fourth-order valence-electron chi connectivity index (χ4n) is 2.65. The average molecular weight is 291 g/mol. The second kappa shape index (κ2) is 6.22. The predicted molar refractivity (Wildman–Crippen MR) is 74.2 cm³/mol. The fraction of sp³-hybridized carbons (Fsp3) is 0.467. The average Bonchev–Trinajstić information content (AvgIpc) is 2.95. The molecule has 1 saturated carbocycles. The highest BCUT2D eigenvalue weighted by atomic mass is 19.1. The van der Waals surface area contributed by atoms with Crippen molar-refractivity contribution in [3.8, 4) is 5.75 Å². The van der Waals surface area contributed by atoms with Crippen molar-refractivity contribution < 1.29 is 13.7 Å². The Hall–Kier alpha value is -1.95. The normalized spacial score (nSPS) is 22.2. The van der Waals surface area contributed by atoms with Gasteiger partial charge in [-0.3, -0.25) is 0 Å². The molecule has 0 bridgehead atoms. The molecule has 0 aliphatic heterocycles. The summed E-state index contributed by atoms with van der Waals surface area (Å²) < 4.78 is 24.1. The number of hydrogen-bond acceptors (Lipinski definition) is 5. The lowest BCUT2D eigenvalue weighted by Crippen LogP contribution is -2.26. The Bertz CT molecular complexity index is 602. The quantitative estimate of drug-likeness (QED) is 0.937. The minimum atomic E-state index is -0.403. The number of benzene rings is 1. The van der Waals surface area contributed by atoms with E-state index >= 15 is 0 Å². The Morgan fingerprint density at radius 3 is 3.00 bits per heavy atom. The molecular formula is C15H18FN3O2. The third kappa shape index (κ3) is 3.39. The molecule has 2 unspecified atom stereocenters. The van der Waals surface area contributed by atoms with Crippen LogP contribution in [0.5, 0.6) is 5.75 Å². The topological polar surface area (TPSA) is 74.2 Å². The Balaban J connectivity index is 1.61. The number of para-hydroxylation sites is 1. The zero-order valence-corrected chi connectivity index (χ0v) is 11.7. The van der Waals surface area contributed by atoms with Gasteiger partial charge in [0.15, 0.2) is 18.2 Å². The predicted octanol–water partition coefficient (Wildman–Crippen LogP) is 2.77. The van der Waals surface area contributed by atoms with E-state index in [9.17, 15) is 4.39 Å². The number of hydrogen-bond donors (Lipinski definition) is 1. The van der Waals surface area contributed by atoms with Crippen molar-refractivity contribution in [3.05, 3.63) is 41.8 Å². The van der Waals surface area contributed by atoms with Crippen LogP contribution in [0.25, 0.3) is 0 Å². The van der Waals surface area contributed by atoms with E-state index in [4.69, 9.17) is 15.0 Å². The molecule has 0 radical (unpaired) electrons. The Morgan fingerprint density at radius 1 is 1.33 bits per heavy atom. The Morgan fingerprint density at radius 2 is 2.19 bits per heavy atom. The van der Waals surface area contributed by atoms with Crippen LogP contribution >= 0.6 is 0 Å². The van der Waals surface area contributed by atoms with Crippen LogP contribution in [0.15, 0.2) is 28.8 Å². The van der Waals surface area contributed by atoms with Gasteiger partial charge in [0.2, 0.25) is 11.7 Å². The van der Waals surface area contributed by atoms with Gasteiger partial charge in [0.05, 0.1) is 0 Å². The van der Waals surface area contributed by atoms with Gasteiger partial charge in [0.25, 0.3) is 0 Å². The molecular weight excluding hydrogens is 273 g/mol. The summed E-state index contributed by atoms with van der Waals surface area (Å²) in [6.45, 7) is 0.0865. The van der Waals surface area contributed by atoms with Crippen LogP contribution in [0, 0.1) is 5.82 Å². The summed E-state index contributed by atoms with van der Waals surface area (Å²) in [5.41, 5.74) is 5.96. The Labute approximate surface area is 122 Å². The fourth-order valence-corrected chi connectivity index (χ4v) is 2.65. The van der Waals surface area contributed by atoms with Crippen molar-refractivity contribution in [1.82, 2.24) is 10.1 Å². The van der Waals surface area contributed by atoms with Gasteiger partial charge in [-0.05, 0) is 31.4 Å². The van der Waals surface area contributed by atoms with Crippen molar-refractivity contribution >= 4 is 0 Å². The number of nitrogens with two attached hydrogens (primary N) is 1. The maximum atomic E-state index is 13.4. The Kier molecular flexibility index (Phi) is 4.15. The van der Waals surface area contributed by atoms with Gasteiger partial charge in [-0.1, -0.05) is 23.7 Å². The molecule has 1 aliphatic rings. The van der Waals surface area contributed by atoms with Crippen LogP contribution in [0.2, 0.25) is 0 Å². The van der Waals surface area contributed by atoms with Gasteiger partial charge < -0.3 is 15.0 Å². The highest BCUT2D eigenvalue weighted by molar-refractivity contribution is 5.23. The molecule has 0 spiro atoms. The smallest absolute Gasteiger partial charge is 0.229 e. The van der Waals surface area contributed by atoms with Gasteiger partial charge in [-0.15, -0.1) is 0 Å². The van der Waals surface area contributed by atoms with Gasteiger partial charge in [-0.2, -0.15) is 4.98 Å². The van der Waals surface area contributed by atoms with Crippen molar-refractivity contribution in [2.75, 3.05) is 0 Å². The van der Waals surface area contributed by atoms with E-state index in [0.717, 1.165) is 25.7 Å². The first-order valence-corrected chi connectivity index (χ1v) is 7.18. The number of aromatic nitrogens is 2. The van der Waals surface area contributed by atoms with Gasteiger partial charge >= 0.3 is 0 Å². The number of rotatable bonds is 4. The maximum absolute atomic E-state index is 13.4. The van der Waals surface area contributed by atoms with E-state index in [1.807, 2.05) is 0 Å². The molecule has 1 heterocycles. The number of halogens is 1. The summed E-state index contributed by atoms with van der Waals surface area (Å²) in [4.78, 5) is 4.33. The first-order valence-electron chi connectivity index (χ1n) is 7.18. The molecule has 21 heavy (non-hydrogen) atoms. The van der Waals surface area contributed by atoms with E-state index in [1.54, 1.807) is 18.2 Å². The maximum Gasteiger partial charge on any atom is 0.229 e. The van der Waals surface area contributed by atoms with E-state index in [1.165, 1.54) is 6.07 Å². The standard InChI is InChI=1S/C15H18FN3O2/c16-12-6-1-2-7-13(12)20-9-14-18-15(21-19-14)10-4-3-5-11(17)8-10/h1-2,6-7,10-11H,3-5,8-9,17H2. The summed E-state index contributed by atoms with van der Waals surface area (Å²) >= 11 is 0. The molecule has 6 heteroatoms. The molecule has 5 nitrogen and oxygen atoms in total. The largest absolute Gasteiger partial charge is 0.482 e. The minimum Gasteiger partial charge on any atom is -0.482 e. The van der Waals surface area contributed by atoms with Crippen LogP contribution in [-0.4, -0.2) is 16.2 Å². The zero-order valence-electron chi connectivity index (χ0n) is 11.7. The summed E-state index contributed by atoms with van der Waals surface area (Å²) in [5, 5.41) is 3.89. The molecule has 2 atom stereocenters. The summed E-state index contributed by atoms with van der Waals surface area (Å²) in [6, 6.07) is 6.44. The molecule has 1 aliphatic carbocycles. The third-order valence-electron chi connectivity index (χ3n) is 3.74. The molecule has 2 N–H and O–H groups in total. The van der Waals surface area contributed by atoms with E-state index in [2.05, 4.69) is 10.1 Å². The highest BCUT2D eigenvalue weighted by Gasteiger charge is 2.25. The SMILES string of the molecule is NC1CCCC(c2nc(COc3ccccc3F)no2)C1. The molecule has 3 rings (SSSR count). The van der Waals surface area contributed by atoms with Crippen LogP contribution in [0.3, 0.4) is 0 Å². The molecule has 2 aromatic rings. The number of ether oxygens (including phenoxy) is 1. The molecule has 0 amide bonds. The molecule has 112 valence electrons. The summed E-state index contributed by atoms with van der Waals surface area (Å²) in [6.07, 6.45) is 4.02. The third-order valence-corrected chi connectivity index (χ3v) is 3.74. The van der Waals surface area contributed by atoms with Crippen LogP contribution in [0.4, 0.5) is 4.39 Å².